The molecule has 10 rings (SSSR count). The van der Waals surface area contributed by atoms with Crippen LogP contribution >= 0.6 is 0 Å². The van der Waals surface area contributed by atoms with E-state index in [1.807, 2.05) is 0 Å². The molecule has 0 heteroatoms. The Kier molecular flexibility index (Phi) is 10.2. The van der Waals surface area contributed by atoms with Gasteiger partial charge in [-0.3, -0.25) is 0 Å². The molecule has 312 valence electrons. The van der Waals surface area contributed by atoms with Gasteiger partial charge in [0.15, 0.2) is 0 Å². The molecular weight excluding hydrogens is 769 g/mol. The summed E-state index contributed by atoms with van der Waals surface area (Å²) in [4.78, 5) is 0. The summed E-state index contributed by atoms with van der Waals surface area (Å²) in [6.45, 7) is 18.3. The van der Waals surface area contributed by atoms with Gasteiger partial charge in [0, 0.05) is 0 Å². The van der Waals surface area contributed by atoms with Crippen LogP contribution in [0.15, 0.2) is 194 Å². The Morgan fingerprint density at radius 3 is 1.00 bits per heavy atom. The van der Waals surface area contributed by atoms with Crippen molar-refractivity contribution in [3.8, 4) is 66.8 Å². The normalized spacial score (nSPS) is 12.1. The van der Waals surface area contributed by atoms with E-state index in [0.29, 0.717) is 0 Å². The van der Waals surface area contributed by atoms with Crippen molar-refractivity contribution in [3.63, 3.8) is 0 Å². The maximum Gasteiger partial charge on any atom is -0.000139 e. The fraction of sp³-hybridized carbons (Fsp3) is 0.156. The second kappa shape index (κ2) is 16.0. The van der Waals surface area contributed by atoms with E-state index in [1.165, 1.54) is 121 Å². The molecule has 0 amide bonds. The van der Waals surface area contributed by atoms with Crippen molar-refractivity contribution in [2.75, 3.05) is 0 Å². The Balaban J connectivity index is 1.45. The first-order valence-corrected chi connectivity index (χ1v) is 22.8. The molecule has 0 atom stereocenters. The molecule has 0 radical (unpaired) electrons. The highest BCUT2D eigenvalue weighted by Gasteiger charge is 2.28. The molecule has 10 aromatic rings. The zero-order valence-corrected chi connectivity index (χ0v) is 38.5. The van der Waals surface area contributed by atoms with Crippen LogP contribution in [-0.4, -0.2) is 0 Å². The molecular formula is C64H56. The number of hydrogen-bond donors (Lipinski definition) is 0. The summed E-state index contributed by atoms with van der Waals surface area (Å²) in [5.41, 5.74) is 19.9. The summed E-state index contributed by atoms with van der Waals surface area (Å²) in [5, 5.41) is 7.61. The van der Waals surface area contributed by atoms with Gasteiger partial charge < -0.3 is 0 Å². The van der Waals surface area contributed by atoms with Crippen LogP contribution in [0.5, 0.6) is 0 Å². The van der Waals surface area contributed by atoms with Gasteiger partial charge >= 0.3 is 0 Å². The third-order valence-corrected chi connectivity index (χ3v) is 13.3. The van der Waals surface area contributed by atoms with E-state index in [9.17, 15) is 0 Å². The predicted molar refractivity (Wildman–Crippen MR) is 278 cm³/mol. The van der Waals surface area contributed by atoms with Crippen molar-refractivity contribution in [3.05, 3.63) is 216 Å². The van der Waals surface area contributed by atoms with Crippen molar-refractivity contribution in [1.29, 1.82) is 0 Å². The number of benzene rings is 10. The smallest absolute Gasteiger partial charge is 0.000139 e. The summed E-state index contributed by atoms with van der Waals surface area (Å²) in [6, 6.07) is 73.3. The summed E-state index contributed by atoms with van der Waals surface area (Å²) >= 11 is 0. The van der Waals surface area contributed by atoms with Gasteiger partial charge in [0.05, 0.1) is 0 Å². The first-order chi connectivity index (χ1) is 30.8. The minimum Gasteiger partial charge on any atom is -0.0622 e. The molecule has 0 saturated heterocycles. The Morgan fingerprint density at radius 1 is 0.250 bits per heavy atom. The molecule has 64 heavy (non-hydrogen) atoms. The van der Waals surface area contributed by atoms with Gasteiger partial charge in [-0.1, -0.05) is 241 Å². The minimum atomic E-state index is -0.0571. The third-order valence-electron chi connectivity index (χ3n) is 13.3. The number of aryl methyl sites for hydroxylation is 2. The molecule has 0 unspecified atom stereocenters. The Morgan fingerprint density at radius 2 is 0.562 bits per heavy atom. The Hall–Kier alpha value is -7.02. The first-order valence-electron chi connectivity index (χ1n) is 22.8. The van der Waals surface area contributed by atoms with Gasteiger partial charge in [-0.05, 0) is 141 Å². The molecule has 10 aromatic carbocycles. The van der Waals surface area contributed by atoms with Crippen LogP contribution in [0, 0.1) is 13.8 Å². The largest absolute Gasteiger partial charge is 0.0622 e. The van der Waals surface area contributed by atoms with Crippen LogP contribution < -0.4 is 0 Å². The number of hydrogen-bond acceptors (Lipinski definition) is 0. The van der Waals surface area contributed by atoms with E-state index in [1.54, 1.807) is 0 Å². The first kappa shape index (κ1) is 41.0. The molecule has 0 bridgehead atoms. The topological polar surface area (TPSA) is 0 Å². The van der Waals surface area contributed by atoms with Gasteiger partial charge in [-0.2, -0.15) is 0 Å². The summed E-state index contributed by atoms with van der Waals surface area (Å²) in [6.07, 6.45) is 0. The number of rotatable bonds is 6. The highest BCUT2D eigenvalue weighted by molar-refractivity contribution is 6.34. The van der Waals surface area contributed by atoms with Gasteiger partial charge in [0.25, 0.3) is 0 Å². The van der Waals surface area contributed by atoms with Crippen LogP contribution in [0.3, 0.4) is 0 Å². The fourth-order valence-electron chi connectivity index (χ4n) is 9.78. The minimum absolute atomic E-state index is 0.0258. The average Bonchev–Trinajstić information content (AvgIpc) is 3.30. The highest BCUT2D eigenvalue weighted by Crippen LogP contribution is 2.54. The van der Waals surface area contributed by atoms with E-state index >= 15 is 0 Å². The Labute approximate surface area is 379 Å². The summed E-state index contributed by atoms with van der Waals surface area (Å²) < 4.78 is 0. The summed E-state index contributed by atoms with van der Waals surface area (Å²) in [7, 11) is 0. The molecule has 0 heterocycles. The van der Waals surface area contributed by atoms with Gasteiger partial charge in [-0.25, -0.2) is 0 Å². The molecule has 0 spiro atoms. The van der Waals surface area contributed by atoms with Gasteiger partial charge in [0.1, 0.15) is 0 Å². The van der Waals surface area contributed by atoms with Crippen molar-refractivity contribution in [2.45, 2.75) is 66.2 Å². The second-order valence-corrected chi connectivity index (χ2v) is 19.9. The Bertz CT molecular complexity index is 3320. The lowest BCUT2D eigenvalue weighted by Gasteiger charge is -2.27. The third kappa shape index (κ3) is 7.42. The highest BCUT2D eigenvalue weighted by atomic mass is 14.3. The van der Waals surface area contributed by atoms with Crippen LogP contribution in [0.25, 0.3) is 99.1 Å². The maximum absolute atomic E-state index is 2.51. The SMILES string of the molecule is Cc1ccc(-c2c3ccc(C)cc3c(-c3ccc(-c4ccccc4)cc3)c3c(-c4ccc(C(C)(C)C)cc4)c4ccc(C(C)(C)C)cc4c(-c4ccc(-c5ccccc5)cc4)c23)cc1. The average molecular weight is 825 g/mol. The van der Waals surface area contributed by atoms with Crippen LogP contribution in [-0.2, 0) is 10.8 Å². The predicted octanol–water partition coefficient (Wildman–Crippen LogP) is 18.4. The van der Waals surface area contributed by atoms with E-state index in [4.69, 9.17) is 0 Å². The van der Waals surface area contributed by atoms with E-state index in [-0.39, 0.29) is 10.8 Å². The maximum atomic E-state index is 2.51. The molecule has 0 saturated carbocycles. The van der Waals surface area contributed by atoms with E-state index < -0.39 is 0 Å². The zero-order chi connectivity index (χ0) is 44.3. The fourth-order valence-corrected chi connectivity index (χ4v) is 9.78. The summed E-state index contributed by atoms with van der Waals surface area (Å²) in [5.74, 6) is 0. The molecule has 0 N–H and O–H groups in total. The molecule has 0 aliphatic heterocycles. The molecule has 0 aliphatic carbocycles. The van der Waals surface area contributed by atoms with E-state index in [2.05, 4.69) is 250 Å². The lowest BCUT2D eigenvalue weighted by Crippen LogP contribution is -2.11. The molecule has 0 fully saturated rings. The van der Waals surface area contributed by atoms with Gasteiger partial charge in [0.2, 0.25) is 0 Å². The van der Waals surface area contributed by atoms with Crippen molar-refractivity contribution >= 4 is 32.3 Å². The van der Waals surface area contributed by atoms with E-state index in [0.717, 1.165) is 0 Å². The lowest BCUT2D eigenvalue weighted by atomic mass is 9.76. The van der Waals surface area contributed by atoms with Crippen molar-refractivity contribution in [2.24, 2.45) is 0 Å². The quantitative estimate of drug-likeness (QED) is 0.147. The molecule has 0 aromatic heterocycles. The van der Waals surface area contributed by atoms with Crippen molar-refractivity contribution in [1.82, 2.24) is 0 Å². The van der Waals surface area contributed by atoms with Crippen LogP contribution in [0.4, 0.5) is 0 Å². The molecule has 0 nitrogen and oxygen atoms in total. The monoisotopic (exact) mass is 824 g/mol. The van der Waals surface area contributed by atoms with Gasteiger partial charge in [-0.15, -0.1) is 0 Å². The molecule has 0 aliphatic rings. The standard InChI is InChI=1S/C64H56/c1-41-19-22-47(23-20-41)57-53-37-21-42(2)39-55(53)59(48-28-24-45(25-29-48)43-15-11-9-12-16-43)61-58(50-32-34-51(35-33-50)63(3,4)5)54-38-36-52(64(6,7)8)40-56(54)60(62(57)61)49-30-26-46(27-31-49)44-17-13-10-14-18-44/h9-40H,1-8H3. The lowest BCUT2D eigenvalue weighted by molar-refractivity contribution is 0.590. The van der Waals surface area contributed by atoms with Crippen LogP contribution in [0.1, 0.15) is 63.8 Å². The van der Waals surface area contributed by atoms with Crippen LogP contribution in [0.2, 0.25) is 0 Å². The second-order valence-electron chi connectivity index (χ2n) is 19.9. The zero-order valence-electron chi connectivity index (χ0n) is 38.5. The van der Waals surface area contributed by atoms with Crippen molar-refractivity contribution < 1.29 is 0 Å². The number of fused-ring (bicyclic) bond motifs is 3.